The van der Waals surface area contributed by atoms with Crippen molar-refractivity contribution in [2.45, 2.75) is 33.6 Å². The van der Waals surface area contributed by atoms with Gasteiger partial charge < -0.3 is 14.5 Å². The largest absolute Gasteiger partial charge is 0.466 e. The van der Waals surface area contributed by atoms with Gasteiger partial charge in [0.05, 0.1) is 41.5 Å². The summed E-state index contributed by atoms with van der Waals surface area (Å²) in [6.45, 7) is 6.74. The third-order valence-electron chi connectivity index (χ3n) is 5.44. The first-order chi connectivity index (χ1) is 14.3. The SMILES string of the molecule is CCOC(=O)C1CCCN(C(=O)CN(C)C(=O)c2ccc3nc(C)c(C)nc3c2)C1. The van der Waals surface area contributed by atoms with E-state index >= 15 is 0 Å². The monoisotopic (exact) mass is 412 g/mol. The van der Waals surface area contributed by atoms with Crippen LogP contribution < -0.4 is 0 Å². The molecule has 8 nitrogen and oxygen atoms in total. The summed E-state index contributed by atoms with van der Waals surface area (Å²) >= 11 is 0. The number of benzene rings is 1. The van der Waals surface area contributed by atoms with Crippen molar-refractivity contribution < 1.29 is 19.1 Å². The first-order valence-electron chi connectivity index (χ1n) is 10.2. The second kappa shape index (κ2) is 9.19. The summed E-state index contributed by atoms with van der Waals surface area (Å²) in [5.74, 6) is -0.993. The fraction of sp³-hybridized carbons (Fsp3) is 0.500. The van der Waals surface area contributed by atoms with Crippen molar-refractivity contribution in [1.29, 1.82) is 0 Å². The van der Waals surface area contributed by atoms with E-state index < -0.39 is 0 Å². The average molecular weight is 412 g/mol. The molecule has 1 saturated heterocycles. The van der Waals surface area contributed by atoms with E-state index in [2.05, 4.69) is 9.97 Å². The maximum atomic E-state index is 12.8. The van der Waals surface area contributed by atoms with Crippen LogP contribution in [0.25, 0.3) is 11.0 Å². The zero-order valence-corrected chi connectivity index (χ0v) is 18.0. The number of carbonyl (C=O) groups is 3. The Morgan fingerprint density at radius 1 is 1.17 bits per heavy atom. The van der Waals surface area contributed by atoms with Crippen molar-refractivity contribution in [3.05, 3.63) is 35.2 Å². The number of esters is 1. The van der Waals surface area contributed by atoms with Crippen LogP contribution in [-0.2, 0) is 14.3 Å². The summed E-state index contributed by atoms with van der Waals surface area (Å²) in [7, 11) is 1.60. The number of aromatic nitrogens is 2. The van der Waals surface area contributed by atoms with Gasteiger partial charge in [0.1, 0.15) is 0 Å². The molecule has 3 rings (SSSR count). The molecular formula is C22H28N4O4. The molecule has 0 spiro atoms. The maximum absolute atomic E-state index is 12.8. The van der Waals surface area contributed by atoms with E-state index in [1.165, 1.54) is 4.90 Å². The van der Waals surface area contributed by atoms with Crippen molar-refractivity contribution in [1.82, 2.24) is 19.8 Å². The predicted octanol–water partition coefficient (Wildman–Crippen LogP) is 2.12. The highest BCUT2D eigenvalue weighted by molar-refractivity contribution is 5.98. The van der Waals surface area contributed by atoms with Crippen molar-refractivity contribution in [2.75, 3.05) is 33.3 Å². The summed E-state index contributed by atoms with van der Waals surface area (Å²) in [4.78, 5) is 49.6. The Morgan fingerprint density at radius 3 is 2.57 bits per heavy atom. The van der Waals surface area contributed by atoms with Gasteiger partial charge in [0, 0.05) is 25.7 Å². The molecule has 1 aromatic heterocycles. The highest BCUT2D eigenvalue weighted by Gasteiger charge is 2.30. The van der Waals surface area contributed by atoms with Crippen LogP contribution in [0.5, 0.6) is 0 Å². The second-order valence-electron chi connectivity index (χ2n) is 7.69. The van der Waals surface area contributed by atoms with Crippen LogP contribution in [0.2, 0.25) is 0 Å². The average Bonchev–Trinajstić information content (AvgIpc) is 2.74. The fourth-order valence-corrected chi connectivity index (χ4v) is 3.61. The van der Waals surface area contributed by atoms with Crippen LogP contribution in [0, 0.1) is 19.8 Å². The molecule has 8 heteroatoms. The number of fused-ring (bicyclic) bond motifs is 1. The zero-order valence-electron chi connectivity index (χ0n) is 18.0. The van der Waals surface area contributed by atoms with Crippen LogP contribution in [0.1, 0.15) is 41.5 Å². The number of carbonyl (C=O) groups excluding carboxylic acids is 3. The molecule has 1 unspecified atom stereocenters. The summed E-state index contributed by atoms with van der Waals surface area (Å²) in [6.07, 6.45) is 1.46. The minimum atomic E-state index is -0.297. The van der Waals surface area contributed by atoms with Crippen LogP contribution >= 0.6 is 0 Å². The van der Waals surface area contributed by atoms with Crippen molar-refractivity contribution in [3.63, 3.8) is 0 Å². The number of ether oxygens (including phenoxy) is 1. The number of hydrogen-bond donors (Lipinski definition) is 0. The van der Waals surface area contributed by atoms with Crippen LogP contribution in [0.15, 0.2) is 18.2 Å². The Kier molecular flexibility index (Phi) is 6.64. The van der Waals surface area contributed by atoms with Gasteiger partial charge in [-0.25, -0.2) is 9.97 Å². The number of piperidine rings is 1. The van der Waals surface area contributed by atoms with E-state index in [4.69, 9.17) is 4.74 Å². The lowest BCUT2D eigenvalue weighted by atomic mass is 9.98. The Labute approximate surface area is 176 Å². The van der Waals surface area contributed by atoms with Crippen LogP contribution in [0.3, 0.4) is 0 Å². The van der Waals surface area contributed by atoms with Crippen LogP contribution in [0.4, 0.5) is 0 Å². The van der Waals surface area contributed by atoms with Crippen LogP contribution in [-0.4, -0.2) is 70.8 Å². The molecule has 0 saturated carbocycles. The molecular weight excluding hydrogens is 384 g/mol. The van der Waals surface area contributed by atoms with Crippen molar-refractivity contribution in [3.8, 4) is 0 Å². The lowest BCUT2D eigenvalue weighted by Gasteiger charge is -2.32. The smallest absolute Gasteiger partial charge is 0.310 e. The van der Waals surface area contributed by atoms with E-state index in [-0.39, 0.29) is 30.2 Å². The molecule has 0 N–H and O–H groups in total. The molecule has 1 atom stereocenters. The summed E-state index contributed by atoms with van der Waals surface area (Å²) < 4.78 is 5.08. The Bertz CT molecular complexity index is 975. The standard InChI is InChI=1S/C22H28N4O4/c1-5-30-22(29)17-7-6-10-26(12-17)20(27)13-25(4)21(28)16-8-9-18-19(11-16)24-15(3)14(2)23-18/h8-9,11,17H,5-7,10,12-13H2,1-4H3. The van der Waals surface area contributed by atoms with E-state index in [0.29, 0.717) is 37.2 Å². The molecule has 0 radical (unpaired) electrons. The second-order valence-corrected chi connectivity index (χ2v) is 7.69. The maximum Gasteiger partial charge on any atom is 0.310 e. The van der Waals surface area contributed by atoms with E-state index in [1.807, 2.05) is 13.8 Å². The molecule has 1 aliphatic rings. The predicted molar refractivity (Wildman–Crippen MR) is 112 cm³/mol. The number of rotatable bonds is 5. The first kappa shape index (κ1) is 21.7. The number of likely N-dealkylation sites (tertiary alicyclic amines) is 1. The lowest BCUT2D eigenvalue weighted by molar-refractivity contribution is -0.151. The third kappa shape index (κ3) is 4.75. The number of nitrogens with zero attached hydrogens (tertiary/aromatic N) is 4. The van der Waals surface area contributed by atoms with Gasteiger partial charge in [-0.15, -0.1) is 0 Å². The van der Waals surface area contributed by atoms with Gasteiger partial charge in [-0.3, -0.25) is 14.4 Å². The molecule has 160 valence electrons. The van der Waals surface area contributed by atoms with Gasteiger partial charge >= 0.3 is 5.97 Å². The van der Waals surface area contributed by atoms with E-state index in [1.54, 1.807) is 37.1 Å². The van der Waals surface area contributed by atoms with E-state index in [9.17, 15) is 14.4 Å². The molecule has 0 bridgehead atoms. The number of likely N-dealkylation sites (N-methyl/N-ethyl adjacent to an activating group) is 1. The lowest BCUT2D eigenvalue weighted by Crippen LogP contribution is -2.47. The van der Waals surface area contributed by atoms with Gasteiger partial charge in [0.25, 0.3) is 5.91 Å². The van der Waals surface area contributed by atoms with Crippen molar-refractivity contribution >= 4 is 28.8 Å². The molecule has 1 aliphatic heterocycles. The number of hydrogen-bond acceptors (Lipinski definition) is 6. The molecule has 1 aromatic carbocycles. The zero-order chi connectivity index (χ0) is 21.8. The summed E-state index contributed by atoms with van der Waals surface area (Å²) in [5, 5.41) is 0. The van der Waals surface area contributed by atoms with Gasteiger partial charge in [-0.05, 0) is 51.8 Å². The molecule has 2 aromatic rings. The molecule has 2 heterocycles. The topological polar surface area (TPSA) is 92.7 Å². The molecule has 1 fully saturated rings. The highest BCUT2D eigenvalue weighted by atomic mass is 16.5. The highest BCUT2D eigenvalue weighted by Crippen LogP contribution is 2.19. The minimum Gasteiger partial charge on any atom is -0.466 e. The first-order valence-corrected chi connectivity index (χ1v) is 10.2. The fourth-order valence-electron chi connectivity index (χ4n) is 3.61. The number of amides is 2. The third-order valence-corrected chi connectivity index (χ3v) is 5.44. The Hall–Kier alpha value is -3.03. The van der Waals surface area contributed by atoms with Gasteiger partial charge in [-0.1, -0.05) is 0 Å². The quantitative estimate of drug-likeness (QED) is 0.699. The van der Waals surface area contributed by atoms with Gasteiger partial charge in [-0.2, -0.15) is 0 Å². The summed E-state index contributed by atoms with van der Waals surface area (Å²) in [6, 6.07) is 5.18. The normalized spacial score (nSPS) is 16.4. The Balaban J connectivity index is 1.66. The number of aryl methyl sites for hydroxylation is 2. The molecule has 0 aliphatic carbocycles. The molecule has 2 amide bonds. The summed E-state index contributed by atoms with van der Waals surface area (Å²) in [5.41, 5.74) is 3.51. The van der Waals surface area contributed by atoms with Crippen molar-refractivity contribution in [2.24, 2.45) is 5.92 Å². The van der Waals surface area contributed by atoms with Gasteiger partial charge in [0.15, 0.2) is 0 Å². The Morgan fingerprint density at radius 2 is 1.87 bits per heavy atom. The molecule has 30 heavy (non-hydrogen) atoms. The van der Waals surface area contributed by atoms with E-state index in [0.717, 1.165) is 23.3 Å². The minimum absolute atomic E-state index is 0.0506. The van der Waals surface area contributed by atoms with Gasteiger partial charge in [0.2, 0.25) is 5.91 Å².